The van der Waals surface area contributed by atoms with Crippen molar-refractivity contribution in [3.8, 4) is 0 Å². The van der Waals surface area contributed by atoms with Crippen molar-refractivity contribution in [2.45, 2.75) is 44.7 Å². The van der Waals surface area contributed by atoms with Gasteiger partial charge in [-0.15, -0.1) is 0 Å². The fourth-order valence-electron chi connectivity index (χ4n) is 4.97. The number of pyridine rings is 1. The standard InChI is InChI=1S/C26H25N3O4/c1-33-26(32)18-12-6-8-14-21(18)28-24(30)22-17-11-5-7-13-20(17)27-23-19(22)15-29(25(23)31)16-9-3-2-4-10-16/h5-8,11-14,16H,2-4,9-10,15H2,1H3,(H,28,30). The number of aromatic nitrogens is 1. The zero-order chi connectivity index (χ0) is 22.9. The number of para-hydroxylation sites is 2. The SMILES string of the molecule is COC(=O)c1ccccc1NC(=O)c1c2c(nc3ccccc13)C(=O)N(C1CCCCC1)C2. The van der Waals surface area contributed by atoms with Crippen molar-refractivity contribution in [3.05, 3.63) is 70.9 Å². The highest BCUT2D eigenvalue weighted by Crippen LogP contribution is 2.35. The number of carbonyl (C=O) groups is 3. The Kier molecular flexibility index (Phi) is 5.54. The molecular weight excluding hydrogens is 418 g/mol. The Morgan fingerprint density at radius 1 is 1.03 bits per heavy atom. The lowest BCUT2D eigenvalue weighted by Gasteiger charge is -2.30. The summed E-state index contributed by atoms with van der Waals surface area (Å²) in [5.74, 6) is -1.01. The molecule has 0 saturated heterocycles. The van der Waals surface area contributed by atoms with Crippen LogP contribution in [-0.2, 0) is 11.3 Å². The molecule has 0 spiro atoms. The van der Waals surface area contributed by atoms with E-state index in [1.165, 1.54) is 13.5 Å². The molecule has 0 unspecified atom stereocenters. The first-order chi connectivity index (χ1) is 16.1. The smallest absolute Gasteiger partial charge is 0.339 e. The van der Waals surface area contributed by atoms with Crippen LogP contribution in [0.1, 0.15) is 68.9 Å². The van der Waals surface area contributed by atoms with Crippen LogP contribution in [0.4, 0.5) is 5.69 Å². The van der Waals surface area contributed by atoms with Gasteiger partial charge in [0.2, 0.25) is 0 Å². The Labute approximate surface area is 191 Å². The molecule has 1 aromatic heterocycles. The normalized spacial score (nSPS) is 16.0. The third kappa shape index (κ3) is 3.73. The van der Waals surface area contributed by atoms with Crippen LogP contribution in [0, 0.1) is 0 Å². The predicted octanol–water partition coefficient (Wildman–Crippen LogP) is 4.56. The van der Waals surface area contributed by atoms with E-state index in [1.807, 2.05) is 29.2 Å². The number of benzene rings is 2. The lowest BCUT2D eigenvalue weighted by atomic mass is 9.94. The number of carbonyl (C=O) groups excluding carboxylic acids is 3. The molecule has 33 heavy (non-hydrogen) atoms. The topological polar surface area (TPSA) is 88.6 Å². The van der Waals surface area contributed by atoms with E-state index in [0.717, 1.165) is 25.7 Å². The van der Waals surface area contributed by atoms with Crippen LogP contribution in [0.5, 0.6) is 0 Å². The maximum Gasteiger partial charge on any atom is 0.339 e. The molecular formula is C26H25N3O4. The summed E-state index contributed by atoms with van der Waals surface area (Å²) in [6.45, 7) is 0.373. The van der Waals surface area contributed by atoms with Gasteiger partial charge in [0.05, 0.1) is 29.4 Å². The lowest BCUT2D eigenvalue weighted by molar-refractivity contribution is 0.0600. The largest absolute Gasteiger partial charge is 0.465 e. The minimum atomic E-state index is -0.533. The summed E-state index contributed by atoms with van der Waals surface area (Å²) < 4.78 is 4.85. The predicted molar refractivity (Wildman–Crippen MR) is 124 cm³/mol. The minimum Gasteiger partial charge on any atom is -0.465 e. The summed E-state index contributed by atoms with van der Waals surface area (Å²) in [4.78, 5) is 45.7. The Morgan fingerprint density at radius 3 is 2.55 bits per heavy atom. The molecule has 1 aliphatic heterocycles. The summed E-state index contributed by atoms with van der Waals surface area (Å²) in [5, 5.41) is 3.56. The van der Waals surface area contributed by atoms with Gasteiger partial charge in [0.25, 0.3) is 11.8 Å². The first-order valence-electron chi connectivity index (χ1n) is 11.3. The molecule has 0 atom stereocenters. The van der Waals surface area contributed by atoms with E-state index in [2.05, 4.69) is 10.3 Å². The Hall–Kier alpha value is -3.74. The average molecular weight is 444 g/mol. The number of anilines is 1. The number of esters is 1. The molecule has 7 heteroatoms. The van der Waals surface area contributed by atoms with Gasteiger partial charge in [-0.2, -0.15) is 0 Å². The maximum atomic E-state index is 13.6. The molecule has 2 aliphatic rings. The minimum absolute atomic E-state index is 0.105. The summed E-state index contributed by atoms with van der Waals surface area (Å²) in [6, 6.07) is 14.2. The number of hydrogen-bond acceptors (Lipinski definition) is 5. The van der Waals surface area contributed by atoms with Gasteiger partial charge in [0.1, 0.15) is 5.69 Å². The summed E-state index contributed by atoms with van der Waals surface area (Å²) in [7, 11) is 1.30. The number of nitrogens with one attached hydrogen (secondary N) is 1. The van der Waals surface area contributed by atoms with Crippen molar-refractivity contribution in [2.75, 3.05) is 12.4 Å². The second-order valence-electron chi connectivity index (χ2n) is 8.55. The molecule has 0 bridgehead atoms. The highest BCUT2D eigenvalue weighted by molar-refractivity contribution is 6.17. The van der Waals surface area contributed by atoms with Crippen LogP contribution in [-0.4, -0.2) is 40.8 Å². The average Bonchev–Trinajstić information content (AvgIpc) is 3.18. The highest BCUT2D eigenvalue weighted by Gasteiger charge is 2.38. The third-order valence-electron chi connectivity index (χ3n) is 6.61. The van der Waals surface area contributed by atoms with Gasteiger partial charge in [-0.3, -0.25) is 9.59 Å². The number of amides is 2. The third-order valence-corrected chi connectivity index (χ3v) is 6.61. The second-order valence-corrected chi connectivity index (χ2v) is 8.55. The first-order valence-corrected chi connectivity index (χ1v) is 11.3. The van der Waals surface area contributed by atoms with Gasteiger partial charge in [-0.25, -0.2) is 9.78 Å². The van der Waals surface area contributed by atoms with E-state index in [-0.39, 0.29) is 23.4 Å². The van der Waals surface area contributed by atoms with Gasteiger partial charge < -0.3 is 15.0 Å². The van der Waals surface area contributed by atoms with Crippen molar-refractivity contribution in [1.29, 1.82) is 0 Å². The fourth-order valence-corrected chi connectivity index (χ4v) is 4.97. The monoisotopic (exact) mass is 443 g/mol. The molecule has 5 rings (SSSR count). The molecule has 1 N–H and O–H groups in total. The van der Waals surface area contributed by atoms with Crippen LogP contribution in [0.25, 0.3) is 10.9 Å². The zero-order valence-corrected chi connectivity index (χ0v) is 18.5. The summed E-state index contributed by atoms with van der Waals surface area (Å²) in [5.41, 5.74) is 2.66. The summed E-state index contributed by atoms with van der Waals surface area (Å²) >= 11 is 0. The van der Waals surface area contributed by atoms with E-state index >= 15 is 0 Å². The van der Waals surface area contributed by atoms with Gasteiger partial charge in [0.15, 0.2) is 0 Å². The second kappa shape index (κ2) is 8.65. The Bertz CT molecular complexity index is 1260. The molecule has 0 radical (unpaired) electrons. The van der Waals surface area contributed by atoms with Crippen molar-refractivity contribution in [1.82, 2.24) is 9.88 Å². The molecule has 1 aliphatic carbocycles. The number of hydrogen-bond donors (Lipinski definition) is 1. The van der Waals surface area contributed by atoms with Crippen molar-refractivity contribution >= 4 is 34.4 Å². The Morgan fingerprint density at radius 2 is 1.76 bits per heavy atom. The fraction of sp³-hybridized carbons (Fsp3) is 0.308. The van der Waals surface area contributed by atoms with Gasteiger partial charge in [-0.1, -0.05) is 49.6 Å². The van der Waals surface area contributed by atoms with Crippen molar-refractivity contribution in [2.24, 2.45) is 0 Å². The first kappa shape index (κ1) is 21.1. The molecule has 1 saturated carbocycles. The number of nitrogens with zero attached hydrogens (tertiary/aromatic N) is 2. The molecule has 2 amide bonds. The molecule has 1 fully saturated rings. The van der Waals surface area contributed by atoms with Crippen LogP contribution < -0.4 is 5.32 Å². The number of ether oxygens (including phenoxy) is 1. The van der Waals surface area contributed by atoms with E-state index in [4.69, 9.17) is 4.74 Å². The van der Waals surface area contributed by atoms with E-state index < -0.39 is 5.97 Å². The summed E-state index contributed by atoms with van der Waals surface area (Å²) in [6.07, 6.45) is 5.37. The van der Waals surface area contributed by atoms with Crippen LogP contribution in [0.2, 0.25) is 0 Å². The molecule has 168 valence electrons. The van der Waals surface area contributed by atoms with Crippen LogP contribution in [0.15, 0.2) is 48.5 Å². The quantitative estimate of drug-likeness (QED) is 0.597. The number of fused-ring (bicyclic) bond motifs is 2. The number of rotatable bonds is 4. The van der Waals surface area contributed by atoms with Crippen molar-refractivity contribution < 1.29 is 19.1 Å². The van der Waals surface area contributed by atoms with Crippen molar-refractivity contribution in [3.63, 3.8) is 0 Å². The molecule has 3 aromatic rings. The molecule has 7 nitrogen and oxygen atoms in total. The molecule has 2 aromatic carbocycles. The van der Waals surface area contributed by atoms with Gasteiger partial charge in [0, 0.05) is 23.5 Å². The van der Waals surface area contributed by atoms with E-state index in [0.29, 0.717) is 40.0 Å². The van der Waals surface area contributed by atoms with E-state index in [9.17, 15) is 14.4 Å². The number of methoxy groups -OCH3 is 1. The highest BCUT2D eigenvalue weighted by atomic mass is 16.5. The Balaban J connectivity index is 1.58. The maximum absolute atomic E-state index is 13.6. The zero-order valence-electron chi connectivity index (χ0n) is 18.5. The van der Waals surface area contributed by atoms with Gasteiger partial charge in [-0.05, 0) is 31.0 Å². The van der Waals surface area contributed by atoms with Gasteiger partial charge >= 0.3 is 5.97 Å². The lowest BCUT2D eigenvalue weighted by Crippen LogP contribution is -2.37. The molecule has 2 heterocycles. The van der Waals surface area contributed by atoms with Crippen LogP contribution >= 0.6 is 0 Å². The van der Waals surface area contributed by atoms with Crippen LogP contribution in [0.3, 0.4) is 0 Å². The van der Waals surface area contributed by atoms with E-state index in [1.54, 1.807) is 24.3 Å².